The highest BCUT2D eigenvalue weighted by Gasteiger charge is 2.01. The third kappa shape index (κ3) is 5.58. The van der Waals surface area contributed by atoms with Crippen molar-refractivity contribution in [1.82, 2.24) is 5.32 Å². The summed E-state index contributed by atoms with van der Waals surface area (Å²) in [6, 6.07) is 5.70. The van der Waals surface area contributed by atoms with Gasteiger partial charge in [-0.15, -0.1) is 0 Å². The number of carboxylic acid groups (broad SMARTS) is 1. The minimum Gasteiger partial charge on any atom is -0.508 e. The number of amides is 2. The topological polar surface area (TPSA) is 98.7 Å². The molecule has 0 saturated heterocycles. The molecule has 2 amide bonds. The van der Waals surface area contributed by atoms with E-state index in [9.17, 15) is 9.59 Å². The summed E-state index contributed by atoms with van der Waals surface area (Å²) >= 11 is 0. The van der Waals surface area contributed by atoms with Crippen molar-refractivity contribution < 1.29 is 19.8 Å². The van der Waals surface area contributed by atoms with Gasteiger partial charge in [0.1, 0.15) is 5.75 Å². The number of phenols is 1. The van der Waals surface area contributed by atoms with Gasteiger partial charge in [-0.3, -0.25) is 0 Å². The highest BCUT2D eigenvalue weighted by atomic mass is 16.4. The van der Waals surface area contributed by atoms with Crippen molar-refractivity contribution >= 4 is 17.7 Å². The summed E-state index contributed by atoms with van der Waals surface area (Å²) in [5.74, 6) is -0.839. The number of nitrogens with one attached hydrogen (secondary N) is 2. The van der Waals surface area contributed by atoms with Crippen LogP contribution in [0.25, 0.3) is 0 Å². The van der Waals surface area contributed by atoms with E-state index in [1.54, 1.807) is 18.2 Å². The molecule has 0 atom stereocenters. The molecule has 0 saturated carbocycles. The Morgan fingerprint density at radius 1 is 1.26 bits per heavy atom. The number of phenolic OH excluding ortho intramolecular Hbond substituents is 1. The average molecular weight is 264 g/mol. The van der Waals surface area contributed by atoms with Crippen molar-refractivity contribution in [1.29, 1.82) is 0 Å². The first-order valence-electron chi connectivity index (χ1n) is 5.73. The van der Waals surface area contributed by atoms with Gasteiger partial charge in [-0.05, 0) is 37.6 Å². The van der Waals surface area contributed by atoms with Gasteiger partial charge in [-0.25, -0.2) is 9.59 Å². The smallest absolute Gasteiger partial charge is 0.330 e. The lowest BCUT2D eigenvalue weighted by molar-refractivity contribution is -0.132. The molecule has 0 aliphatic heterocycles. The van der Waals surface area contributed by atoms with Crippen molar-refractivity contribution in [3.63, 3.8) is 0 Å². The van der Waals surface area contributed by atoms with Gasteiger partial charge in [-0.2, -0.15) is 0 Å². The molecular formula is C13H16N2O4. The number of carbonyl (C=O) groups excluding carboxylic acids is 1. The van der Waals surface area contributed by atoms with Crippen LogP contribution in [0.1, 0.15) is 13.3 Å². The van der Waals surface area contributed by atoms with Crippen LogP contribution in [0.2, 0.25) is 0 Å². The van der Waals surface area contributed by atoms with E-state index in [4.69, 9.17) is 10.2 Å². The Morgan fingerprint density at radius 3 is 2.47 bits per heavy atom. The second kappa shape index (κ2) is 7.05. The molecule has 0 radical (unpaired) electrons. The van der Waals surface area contributed by atoms with E-state index in [2.05, 4.69) is 10.6 Å². The zero-order valence-corrected chi connectivity index (χ0v) is 10.5. The Kier molecular flexibility index (Phi) is 5.40. The third-order valence-corrected chi connectivity index (χ3v) is 2.34. The minimum absolute atomic E-state index is 0.125. The summed E-state index contributed by atoms with van der Waals surface area (Å²) in [6.07, 6.45) is 1.99. The second-order valence-corrected chi connectivity index (χ2v) is 3.91. The van der Waals surface area contributed by atoms with E-state index < -0.39 is 5.97 Å². The molecule has 0 bridgehead atoms. The average Bonchev–Trinajstić information content (AvgIpc) is 2.37. The van der Waals surface area contributed by atoms with Crippen LogP contribution in [0.4, 0.5) is 10.5 Å². The second-order valence-electron chi connectivity index (χ2n) is 3.91. The number of benzene rings is 1. The largest absolute Gasteiger partial charge is 0.508 e. The molecule has 0 fully saturated rings. The zero-order valence-electron chi connectivity index (χ0n) is 10.5. The molecule has 0 aliphatic rings. The molecule has 102 valence electrons. The molecule has 0 heterocycles. The standard InChI is InChI=1S/C13H16N2O4/c1-9(12(17)18)3-2-8-14-13(19)15-10-4-6-11(16)7-5-10/h3-7,16H,2,8H2,1H3,(H,17,18)(H2,14,15,19). The van der Waals surface area contributed by atoms with Crippen molar-refractivity contribution in [2.24, 2.45) is 0 Å². The predicted molar refractivity (Wildman–Crippen MR) is 71.1 cm³/mol. The summed E-state index contributed by atoms with van der Waals surface area (Å²) in [5, 5.41) is 22.9. The quantitative estimate of drug-likeness (QED) is 0.371. The molecule has 1 aromatic rings. The summed E-state index contributed by atoms with van der Waals surface area (Å²) in [4.78, 5) is 22.0. The van der Waals surface area contributed by atoms with Gasteiger partial charge in [0.05, 0.1) is 0 Å². The number of aromatic hydroxyl groups is 1. The van der Waals surface area contributed by atoms with Crippen LogP contribution in [0.15, 0.2) is 35.9 Å². The third-order valence-electron chi connectivity index (χ3n) is 2.34. The van der Waals surface area contributed by atoms with E-state index in [0.717, 1.165) is 0 Å². The molecule has 0 unspecified atom stereocenters. The Labute approximate surface area is 110 Å². The molecule has 1 aromatic carbocycles. The van der Waals surface area contributed by atoms with Crippen molar-refractivity contribution in [2.75, 3.05) is 11.9 Å². The fourth-order valence-corrected chi connectivity index (χ4v) is 1.28. The predicted octanol–water partition coefficient (Wildman–Crippen LogP) is 1.93. The van der Waals surface area contributed by atoms with Gasteiger partial charge in [-0.1, -0.05) is 6.08 Å². The van der Waals surface area contributed by atoms with Crippen LogP contribution < -0.4 is 10.6 Å². The lowest BCUT2D eigenvalue weighted by atomic mass is 10.2. The number of anilines is 1. The van der Waals surface area contributed by atoms with E-state index in [1.807, 2.05) is 0 Å². The Morgan fingerprint density at radius 2 is 1.89 bits per heavy atom. The van der Waals surface area contributed by atoms with Gasteiger partial charge in [0, 0.05) is 17.8 Å². The normalized spacial score (nSPS) is 10.9. The maximum absolute atomic E-state index is 11.5. The van der Waals surface area contributed by atoms with E-state index >= 15 is 0 Å². The van der Waals surface area contributed by atoms with Crippen molar-refractivity contribution in [2.45, 2.75) is 13.3 Å². The molecule has 19 heavy (non-hydrogen) atoms. The Balaban J connectivity index is 2.31. The lowest BCUT2D eigenvalue weighted by Crippen LogP contribution is -2.29. The zero-order chi connectivity index (χ0) is 14.3. The molecule has 0 spiro atoms. The lowest BCUT2D eigenvalue weighted by Gasteiger charge is -2.06. The number of rotatable bonds is 5. The fourth-order valence-electron chi connectivity index (χ4n) is 1.28. The van der Waals surface area contributed by atoms with Gasteiger partial charge in [0.2, 0.25) is 0 Å². The minimum atomic E-state index is -0.964. The molecule has 0 aliphatic carbocycles. The first-order chi connectivity index (χ1) is 8.99. The Hall–Kier alpha value is -2.50. The molecule has 0 aromatic heterocycles. The van der Waals surface area contributed by atoms with Crippen LogP contribution in [0, 0.1) is 0 Å². The van der Waals surface area contributed by atoms with E-state index in [1.165, 1.54) is 19.1 Å². The summed E-state index contributed by atoms with van der Waals surface area (Å²) in [5.41, 5.74) is 0.813. The Bertz CT molecular complexity index is 480. The first kappa shape index (κ1) is 14.6. The molecule has 6 nitrogen and oxygen atoms in total. The molecule has 6 heteroatoms. The number of hydrogen-bond acceptors (Lipinski definition) is 3. The van der Waals surface area contributed by atoms with Gasteiger partial charge in [0.25, 0.3) is 0 Å². The van der Waals surface area contributed by atoms with Crippen LogP contribution in [0.5, 0.6) is 5.75 Å². The maximum Gasteiger partial charge on any atom is 0.330 e. The van der Waals surface area contributed by atoms with Crippen LogP contribution in [-0.4, -0.2) is 28.8 Å². The van der Waals surface area contributed by atoms with E-state index in [-0.39, 0.29) is 17.4 Å². The number of carboxylic acids is 1. The van der Waals surface area contributed by atoms with Crippen LogP contribution >= 0.6 is 0 Å². The number of aliphatic carboxylic acids is 1. The molecule has 4 N–H and O–H groups in total. The summed E-state index contributed by atoms with van der Waals surface area (Å²) < 4.78 is 0. The summed E-state index contributed by atoms with van der Waals surface area (Å²) in [6.45, 7) is 1.84. The molecule has 1 rings (SSSR count). The van der Waals surface area contributed by atoms with Crippen molar-refractivity contribution in [3.8, 4) is 5.75 Å². The van der Waals surface area contributed by atoms with Gasteiger partial charge in [0.15, 0.2) is 0 Å². The van der Waals surface area contributed by atoms with Gasteiger partial charge >= 0.3 is 12.0 Å². The van der Waals surface area contributed by atoms with Gasteiger partial charge < -0.3 is 20.8 Å². The van der Waals surface area contributed by atoms with Crippen LogP contribution in [0.3, 0.4) is 0 Å². The molecular weight excluding hydrogens is 248 g/mol. The SMILES string of the molecule is CC(=CCCNC(=O)Nc1ccc(O)cc1)C(=O)O. The number of urea groups is 1. The fraction of sp³-hybridized carbons (Fsp3) is 0.231. The number of hydrogen-bond donors (Lipinski definition) is 4. The summed E-state index contributed by atoms with van der Waals surface area (Å²) in [7, 11) is 0. The monoisotopic (exact) mass is 264 g/mol. The van der Waals surface area contributed by atoms with Crippen LogP contribution in [-0.2, 0) is 4.79 Å². The highest BCUT2D eigenvalue weighted by Crippen LogP contribution is 2.13. The van der Waals surface area contributed by atoms with Crippen molar-refractivity contribution in [3.05, 3.63) is 35.9 Å². The first-order valence-corrected chi connectivity index (χ1v) is 5.73. The highest BCUT2D eigenvalue weighted by molar-refractivity contribution is 5.89. The number of carbonyl (C=O) groups is 2. The van der Waals surface area contributed by atoms with E-state index in [0.29, 0.717) is 18.7 Å². The maximum atomic E-state index is 11.5.